The number of carbonyl (C=O) groups excluding carboxylic acids is 1. The van der Waals surface area contributed by atoms with Crippen molar-refractivity contribution in [1.29, 1.82) is 0 Å². The first-order chi connectivity index (χ1) is 9.86. The Morgan fingerprint density at radius 1 is 1.05 bits per heavy atom. The van der Waals surface area contributed by atoms with Crippen LogP contribution in [0.4, 0.5) is 23.2 Å². The molecule has 21 heavy (non-hydrogen) atoms. The summed E-state index contributed by atoms with van der Waals surface area (Å²) in [5.41, 5.74) is -0.619. The predicted molar refractivity (Wildman–Crippen MR) is 70.2 cm³/mol. The van der Waals surface area contributed by atoms with Gasteiger partial charge in [0.2, 0.25) is 5.91 Å². The number of halogens is 4. The largest absolute Gasteiger partial charge is 0.416 e. The molecule has 0 aromatic heterocycles. The molecule has 0 atom stereocenters. The number of para-hydroxylation sites is 1. The van der Waals surface area contributed by atoms with Crippen LogP contribution in [-0.2, 0) is 17.4 Å². The zero-order valence-electron chi connectivity index (χ0n) is 10.7. The monoisotopic (exact) mass is 297 g/mol. The van der Waals surface area contributed by atoms with Gasteiger partial charge in [0.25, 0.3) is 0 Å². The average molecular weight is 297 g/mol. The van der Waals surface area contributed by atoms with E-state index < -0.39 is 23.5 Å². The minimum Gasteiger partial charge on any atom is -0.323 e. The van der Waals surface area contributed by atoms with E-state index in [-0.39, 0.29) is 17.7 Å². The van der Waals surface area contributed by atoms with E-state index in [1.165, 1.54) is 30.3 Å². The summed E-state index contributed by atoms with van der Waals surface area (Å²) in [6.07, 6.45) is -4.73. The van der Waals surface area contributed by atoms with Gasteiger partial charge >= 0.3 is 6.18 Å². The number of carbonyl (C=O) groups is 1. The van der Waals surface area contributed by atoms with E-state index in [4.69, 9.17) is 0 Å². The Morgan fingerprint density at radius 2 is 1.76 bits per heavy atom. The van der Waals surface area contributed by atoms with Crippen LogP contribution in [0.5, 0.6) is 0 Å². The predicted octanol–water partition coefficient (Wildman–Crippen LogP) is 4.03. The number of hydrogen-bond donors (Lipinski definition) is 1. The van der Waals surface area contributed by atoms with E-state index in [1.54, 1.807) is 6.07 Å². The normalized spacial score (nSPS) is 11.2. The van der Waals surface area contributed by atoms with Crippen molar-refractivity contribution in [3.05, 3.63) is 65.5 Å². The van der Waals surface area contributed by atoms with Crippen molar-refractivity contribution in [1.82, 2.24) is 0 Å². The molecule has 0 spiro atoms. The standard InChI is InChI=1S/C15H11F4NO/c16-12-6-1-2-7-13(12)20-14(21)9-10-4-3-5-11(8-10)15(17,18)19/h1-8H,9H2,(H,20,21). The molecule has 1 N–H and O–H groups in total. The molecule has 0 aliphatic carbocycles. The quantitative estimate of drug-likeness (QED) is 0.852. The van der Waals surface area contributed by atoms with Gasteiger partial charge in [0.15, 0.2) is 0 Å². The first kappa shape index (κ1) is 15.0. The van der Waals surface area contributed by atoms with Crippen LogP contribution < -0.4 is 5.32 Å². The summed E-state index contributed by atoms with van der Waals surface area (Å²) in [7, 11) is 0. The van der Waals surface area contributed by atoms with Crippen LogP contribution >= 0.6 is 0 Å². The van der Waals surface area contributed by atoms with Gasteiger partial charge in [0.1, 0.15) is 5.82 Å². The molecule has 0 radical (unpaired) electrons. The molecule has 0 fully saturated rings. The summed E-state index contributed by atoms with van der Waals surface area (Å²) >= 11 is 0. The Hall–Kier alpha value is -2.37. The fourth-order valence-electron chi connectivity index (χ4n) is 1.80. The van der Waals surface area contributed by atoms with Crippen molar-refractivity contribution in [2.75, 3.05) is 5.32 Å². The number of rotatable bonds is 3. The van der Waals surface area contributed by atoms with E-state index in [0.717, 1.165) is 12.1 Å². The van der Waals surface area contributed by atoms with Crippen molar-refractivity contribution < 1.29 is 22.4 Å². The Bertz CT molecular complexity index is 652. The summed E-state index contributed by atoms with van der Waals surface area (Å²) in [6.45, 7) is 0. The number of hydrogen-bond acceptors (Lipinski definition) is 1. The molecule has 6 heteroatoms. The highest BCUT2D eigenvalue weighted by molar-refractivity contribution is 5.92. The summed E-state index contributed by atoms with van der Waals surface area (Å²) < 4.78 is 51.0. The lowest BCUT2D eigenvalue weighted by Gasteiger charge is -2.09. The number of amides is 1. The van der Waals surface area contributed by atoms with Crippen LogP contribution in [0.15, 0.2) is 48.5 Å². The highest BCUT2D eigenvalue weighted by Gasteiger charge is 2.30. The molecule has 2 aromatic carbocycles. The number of nitrogens with one attached hydrogen (secondary N) is 1. The lowest BCUT2D eigenvalue weighted by Crippen LogP contribution is -2.16. The van der Waals surface area contributed by atoms with Gasteiger partial charge in [0, 0.05) is 0 Å². The van der Waals surface area contributed by atoms with Gasteiger partial charge < -0.3 is 5.32 Å². The van der Waals surface area contributed by atoms with E-state index in [2.05, 4.69) is 5.32 Å². The van der Waals surface area contributed by atoms with Gasteiger partial charge in [-0.25, -0.2) is 4.39 Å². The Morgan fingerprint density at radius 3 is 2.43 bits per heavy atom. The highest BCUT2D eigenvalue weighted by Crippen LogP contribution is 2.29. The van der Waals surface area contributed by atoms with Crippen molar-refractivity contribution in [2.45, 2.75) is 12.6 Å². The Balaban J connectivity index is 2.08. The molecule has 0 aliphatic rings. The molecular formula is C15H11F4NO. The third kappa shape index (κ3) is 4.05. The Labute approximate surface area is 118 Å². The van der Waals surface area contributed by atoms with Crippen LogP contribution in [0.2, 0.25) is 0 Å². The third-order valence-corrected chi connectivity index (χ3v) is 2.77. The van der Waals surface area contributed by atoms with Crippen molar-refractivity contribution in [3.8, 4) is 0 Å². The lowest BCUT2D eigenvalue weighted by atomic mass is 10.1. The van der Waals surface area contributed by atoms with Crippen LogP contribution in [0.3, 0.4) is 0 Å². The van der Waals surface area contributed by atoms with Gasteiger partial charge in [-0.3, -0.25) is 4.79 Å². The second kappa shape index (κ2) is 5.95. The first-order valence-corrected chi connectivity index (χ1v) is 6.07. The third-order valence-electron chi connectivity index (χ3n) is 2.77. The fourth-order valence-corrected chi connectivity index (χ4v) is 1.80. The van der Waals surface area contributed by atoms with Crippen molar-refractivity contribution in [3.63, 3.8) is 0 Å². The van der Waals surface area contributed by atoms with Crippen molar-refractivity contribution in [2.24, 2.45) is 0 Å². The minimum absolute atomic E-state index is 0.00511. The lowest BCUT2D eigenvalue weighted by molar-refractivity contribution is -0.137. The number of benzene rings is 2. The molecular weight excluding hydrogens is 286 g/mol. The zero-order chi connectivity index (χ0) is 15.5. The second-order valence-corrected chi connectivity index (χ2v) is 4.40. The van der Waals surface area contributed by atoms with Gasteiger partial charge in [0.05, 0.1) is 17.7 Å². The van der Waals surface area contributed by atoms with E-state index >= 15 is 0 Å². The first-order valence-electron chi connectivity index (χ1n) is 6.07. The van der Waals surface area contributed by atoms with Crippen LogP contribution in [0.1, 0.15) is 11.1 Å². The van der Waals surface area contributed by atoms with Crippen LogP contribution in [0, 0.1) is 5.82 Å². The molecule has 1 amide bonds. The molecule has 2 rings (SSSR count). The average Bonchev–Trinajstić information content (AvgIpc) is 2.41. The van der Waals surface area contributed by atoms with E-state index in [9.17, 15) is 22.4 Å². The second-order valence-electron chi connectivity index (χ2n) is 4.40. The SMILES string of the molecule is O=C(Cc1cccc(C(F)(F)F)c1)Nc1ccccc1F. The summed E-state index contributed by atoms with van der Waals surface area (Å²) in [6, 6.07) is 10.0. The van der Waals surface area contributed by atoms with Gasteiger partial charge in [-0.05, 0) is 23.8 Å². The summed E-state index contributed by atoms with van der Waals surface area (Å²) in [5, 5.41) is 2.32. The maximum Gasteiger partial charge on any atom is 0.416 e. The molecule has 2 nitrogen and oxygen atoms in total. The van der Waals surface area contributed by atoms with Gasteiger partial charge in [-0.15, -0.1) is 0 Å². The maximum atomic E-state index is 13.3. The van der Waals surface area contributed by atoms with Crippen LogP contribution in [-0.4, -0.2) is 5.91 Å². The summed E-state index contributed by atoms with van der Waals surface area (Å²) in [4.78, 5) is 11.7. The molecule has 0 bridgehead atoms. The topological polar surface area (TPSA) is 29.1 Å². The summed E-state index contributed by atoms with van der Waals surface area (Å²) in [5.74, 6) is -1.19. The molecule has 110 valence electrons. The molecule has 2 aromatic rings. The highest BCUT2D eigenvalue weighted by atomic mass is 19.4. The van der Waals surface area contributed by atoms with Gasteiger partial charge in [-0.2, -0.15) is 13.2 Å². The fraction of sp³-hybridized carbons (Fsp3) is 0.133. The molecule has 0 heterocycles. The smallest absolute Gasteiger partial charge is 0.323 e. The molecule has 0 aliphatic heterocycles. The van der Waals surface area contributed by atoms with E-state index in [0.29, 0.717) is 0 Å². The molecule has 0 unspecified atom stereocenters. The maximum absolute atomic E-state index is 13.3. The Kier molecular flexibility index (Phi) is 4.26. The van der Waals surface area contributed by atoms with E-state index in [1.807, 2.05) is 0 Å². The number of alkyl halides is 3. The molecule has 0 saturated carbocycles. The van der Waals surface area contributed by atoms with Crippen molar-refractivity contribution >= 4 is 11.6 Å². The number of anilines is 1. The minimum atomic E-state index is -4.46. The molecule has 0 saturated heterocycles. The zero-order valence-corrected chi connectivity index (χ0v) is 10.7. The van der Waals surface area contributed by atoms with Crippen LogP contribution in [0.25, 0.3) is 0 Å². The van der Waals surface area contributed by atoms with Gasteiger partial charge in [-0.1, -0.05) is 30.3 Å².